The van der Waals surface area contributed by atoms with Crippen LogP contribution in [0.15, 0.2) is 53.7 Å². The summed E-state index contributed by atoms with van der Waals surface area (Å²) in [5, 5.41) is 9.80. The van der Waals surface area contributed by atoms with Crippen molar-refractivity contribution in [2.45, 2.75) is 43.3 Å². The minimum atomic E-state index is 0.0939. The van der Waals surface area contributed by atoms with Crippen molar-refractivity contribution < 1.29 is 14.3 Å². The maximum absolute atomic E-state index is 12.6. The third kappa shape index (κ3) is 4.77. The highest BCUT2D eigenvalue weighted by Gasteiger charge is 2.25. The topological polar surface area (TPSA) is 66.2 Å². The van der Waals surface area contributed by atoms with Gasteiger partial charge in [0.2, 0.25) is 0 Å². The number of thioether (sulfide) groups is 1. The summed E-state index contributed by atoms with van der Waals surface area (Å²) in [5.41, 5.74) is 1.65. The molecule has 1 aromatic heterocycles. The highest BCUT2D eigenvalue weighted by Crippen LogP contribution is 2.38. The van der Waals surface area contributed by atoms with E-state index in [1.54, 1.807) is 14.2 Å². The van der Waals surface area contributed by atoms with Crippen LogP contribution in [0.2, 0.25) is 0 Å². The van der Waals surface area contributed by atoms with Gasteiger partial charge in [0, 0.05) is 17.2 Å². The molecule has 0 atom stereocenters. The van der Waals surface area contributed by atoms with Gasteiger partial charge in [-0.2, -0.15) is 0 Å². The molecule has 1 fully saturated rings. The lowest BCUT2D eigenvalue weighted by Gasteiger charge is -2.25. The predicted molar refractivity (Wildman–Crippen MR) is 122 cm³/mol. The first-order chi connectivity index (χ1) is 15.2. The second-order valence-corrected chi connectivity index (χ2v) is 8.56. The van der Waals surface area contributed by atoms with Crippen molar-refractivity contribution in [3.63, 3.8) is 0 Å². The van der Waals surface area contributed by atoms with E-state index in [0.717, 1.165) is 34.9 Å². The van der Waals surface area contributed by atoms with Gasteiger partial charge in [0.05, 0.1) is 20.0 Å². The molecule has 4 rings (SSSR count). The molecule has 1 aliphatic rings. The lowest BCUT2D eigenvalue weighted by molar-refractivity contribution is 0.102. The molecule has 0 bridgehead atoms. The second-order valence-electron chi connectivity index (χ2n) is 7.62. The van der Waals surface area contributed by atoms with Crippen molar-refractivity contribution in [1.29, 1.82) is 0 Å². The van der Waals surface area contributed by atoms with Gasteiger partial charge in [-0.25, -0.2) is 0 Å². The summed E-state index contributed by atoms with van der Waals surface area (Å²) in [6.07, 6.45) is 5.85. The molecule has 1 heterocycles. The summed E-state index contributed by atoms with van der Waals surface area (Å²) in [6, 6.07) is 15.5. The molecular formula is C24H27N3O3S. The molecule has 1 aliphatic carbocycles. The van der Waals surface area contributed by atoms with E-state index < -0.39 is 0 Å². The lowest BCUT2D eigenvalue weighted by Crippen LogP contribution is -2.15. The second kappa shape index (κ2) is 10.0. The average Bonchev–Trinajstić information content (AvgIpc) is 3.27. The fraction of sp³-hybridized carbons (Fsp3) is 0.375. The van der Waals surface area contributed by atoms with Crippen LogP contribution in [0.5, 0.6) is 11.5 Å². The van der Waals surface area contributed by atoms with Crippen molar-refractivity contribution in [2.75, 3.05) is 20.0 Å². The molecule has 0 spiro atoms. The Morgan fingerprint density at radius 1 is 1.00 bits per heavy atom. The van der Waals surface area contributed by atoms with Crippen LogP contribution in [0.1, 0.15) is 48.5 Å². The molecule has 0 N–H and O–H groups in total. The van der Waals surface area contributed by atoms with E-state index in [1.807, 2.05) is 48.5 Å². The monoisotopic (exact) mass is 437 g/mol. The molecular weight excluding hydrogens is 410 g/mol. The summed E-state index contributed by atoms with van der Waals surface area (Å²) in [5.74, 6) is 2.57. The molecule has 0 radical (unpaired) electrons. The third-order valence-corrected chi connectivity index (χ3v) is 6.62. The largest absolute Gasteiger partial charge is 0.493 e. The number of ketones is 1. The van der Waals surface area contributed by atoms with E-state index in [4.69, 9.17) is 9.47 Å². The Bertz CT molecular complexity index is 1030. The normalized spacial score (nSPS) is 14.4. The van der Waals surface area contributed by atoms with Gasteiger partial charge in [0.15, 0.2) is 28.3 Å². The first-order valence-corrected chi connectivity index (χ1v) is 11.6. The molecule has 2 aromatic carbocycles. The molecule has 1 saturated carbocycles. The number of aromatic nitrogens is 3. The van der Waals surface area contributed by atoms with Gasteiger partial charge in [0.1, 0.15) is 0 Å². The Balaban J connectivity index is 1.65. The van der Waals surface area contributed by atoms with Crippen LogP contribution in [0, 0.1) is 0 Å². The Hall–Kier alpha value is -2.80. The molecule has 6 nitrogen and oxygen atoms in total. The molecule has 3 aromatic rings. The molecule has 0 saturated heterocycles. The van der Waals surface area contributed by atoms with Crippen molar-refractivity contribution in [3.8, 4) is 22.9 Å². The van der Waals surface area contributed by atoms with E-state index in [2.05, 4.69) is 14.8 Å². The highest BCUT2D eigenvalue weighted by atomic mass is 32.2. The number of carbonyl (C=O) groups is 1. The number of hydrogen-bond acceptors (Lipinski definition) is 6. The lowest BCUT2D eigenvalue weighted by atomic mass is 9.95. The van der Waals surface area contributed by atoms with Gasteiger partial charge in [-0.05, 0) is 31.0 Å². The number of benzene rings is 2. The summed E-state index contributed by atoms with van der Waals surface area (Å²) >= 11 is 1.46. The van der Waals surface area contributed by atoms with Gasteiger partial charge in [-0.15, -0.1) is 10.2 Å². The Morgan fingerprint density at radius 2 is 1.74 bits per heavy atom. The summed E-state index contributed by atoms with van der Waals surface area (Å²) < 4.78 is 13.1. The number of carbonyl (C=O) groups excluding carboxylic acids is 1. The Labute approximate surface area is 187 Å². The smallest absolute Gasteiger partial charge is 0.192 e. The molecule has 0 aliphatic heterocycles. The van der Waals surface area contributed by atoms with Gasteiger partial charge in [0.25, 0.3) is 0 Å². The number of rotatable bonds is 8. The van der Waals surface area contributed by atoms with Gasteiger partial charge >= 0.3 is 0 Å². The third-order valence-electron chi connectivity index (χ3n) is 5.67. The molecule has 0 amide bonds. The summed E-state index contributed by atoms with van der Waals surface area (Å²) in [4.78, 5) is 12.6. The van der Waals surface area contributed by atoms with E-state index in [-0.39, 0.29) is 5.78 Å². The Morgan fingerprint density at radius 3 is 2.45 bits per heavy atom. The number of hydrogen-bond donors (Lipinski definition) is 0. The van der Waals surface area contributed by atoms with Crippen LogP contribution in [-0.2, 0) is 0 Å². The maximum Gasteiger partial charge on any atom is 0.192 e. The quantitative estimate of drug-likeness (QED) is 0.345. The van der Waals surface area contributed by atoms with Crippen molar-refractivity contribution in [1.82, 2.24) is 14.8 Å². The van der Waals surface area contributed by atoms with Crippen LogP contribution in [0.4, 0.5) is 0 Å². The van der Waals surface area contributed by atoms with Crippen molar-refractivity contribution >= 4 is 17.5 Å². The highest BCUT2D eigenvalue weighted by molar-refractivity contribution is 7.99. The average molecular weight is 438 g/mol. The van der Waals surface area contributed by atoms with Crippen LogP contribution < -0.4 is 9.47 Å². The zero-order chi connectivity index (χ0) is 21.6. The standard InChI is InChI=1S/C24H27N3O3S/c1-29-21-14-13-18(15-22(21)30-2)23-25-26-24(27(23)19-11-7-4-8-12-19)31-16-20(28)17-9-5-3-6-10-17/h3,5-6,9-10,13-15,19H,4,7-8,11-12,16H2,1-2H3. The number of Topliss-reactive ketones (excluding diaryl/α,β-unsaturated/α-hetero) is 1. The summed E-state index contributed by atoms with van der Waals surface area (Å²) in [7, 11) is 3.25. The predicted octanol–water partition coefficient (Wildman–Crippen LogP) is 5.44. The minimum Gasteiger partial charge on any atom is -0.493 e. The zero-order valence-electron chi connectivity index (χ0n) is 17.9. The first-order valence-electron chi connectivity index (χ1n) is 10.6. The minimum absolute atomic E-state index is 0.0939. The van der Waals surface area contributed by atoms with E-state index >= 15 is 0 Å². The molecule has 31 heavy (non-hydrogen) atoms. The molecule has 162 valence electrons. The van der Waals surface area contributed by atoms with Crippen LogP contribution in [-0.4, -0.2) is 40.5 Å². The van der Waals surface area contributed by atoms with Crippen LogP contribution >= 0.6 is 11.8 Å². The van der Waals surface area contributed by atoms with Gasteiger partial charge in [-0.3, -0.25) is 9.36 Å². The number of methoxy groups -OCH3 is 2. The SMILES string of the molecule is COc1ccc(-c2nnc(SCC(=O)c3ccccc3)n2C2CCCCC2)cc1OC. The summed E-state index contributed by atoms with van der Waals surface area (Å²) in [6.45, 7) is 0. The fourth-order valence-electron chi connectivity index (χ4n) is 4.05. The Kier molecular flexibility index (Phi) is 6.92. The zero-order valence-corrected chi connectivity index (χ0v) is 18.7. The molecule has 7 heteroatoms. The van der Waals surface area contributed by atoms with E-state index in [1.165, 1.54) is 31.0 Å². The van der Waals surface area contributed by atoms with E-state index in [9.17, 15) is 4.79 Å². The molecule has 0 unspecified atom stereocenters. The van der Waals surface area contributed by atoms with Gasteiger partial charge in [-0.1, -0.05) is 61.4 Å². The van der Waals surface area contributed by atoms with E-state index in [0.29, 0.717) is 23.3 Å². The number of nitrogens with zero attached hydrogens (tertiary/aromatic N) is 3. The van der Waals surface area contributed by atoms with Crippen LogP contribution in [0.3, 0.4) is 0 Å². The van der Waals surface area contributed by atoms with Crippen molar-refractivity contribution in [3.05, 3.63) is 54.1 Å². The van der Waals surface area contributed by atoms with Crippen LogP contribution in [0.25, 0.3) is 11.4 Å². The van der Waals surface area contributed by atoms with Gasteiger partial charge < -0.3 is 9.47 Å². The first kappa shape index (κ1) is 21.4. The fourth-order valence-corrected chi connectivity index (χ4v) is 4.95. The number of ether oxygens (including phenoxy) is 2. The maximum atomic E-state index is 12.6. The van der Waals surface area contributed by atoms with Crippen molar-refractivity contribution in [2.24, 2.45) is 0 Å².